The Morgan fingerprint density at radius 3 is 2.15 bits per heavy atom. The molecule has 2 nitrogen and oxygen atoms in total. The highest BCUT2D eigenvalue weighted by Crippen LogP contribution is 2.47. The normalized spacial score (nSPS) is 26.2. The molecule has 0 radical (unpaired) electrons. The van der Waals surface area contributed by atoms with Crippen molar-refractivity contribution in [2.24, 2.45) is 5.92 Å². The summed E-state index contributed by atoms with van der Waals surface area (Å²) in [6, 6.07) is 16.5. The number of aliphatic hydroxyl groups excluding tert-OH is 1. The van der Waals surface area contributed by atoms with Gasteiger partial charge in [0, 0.05) is 22.0 Å². The van der Waals surface area contributed by atoms with Crippen molar-refractivity contribution in [2.75, 3.05) is 20.6 Å². The molecule has 1 aliphatic rings. The van der Waals surface area contributed by atoms with E-state index in [1.165, 1.54) is 11.1 Å². The van der Waals surface area contributed by atoms with Gasteiger partial charge in [0.2, 0.25) is 0 Å². The first-order valence-electron chi connectivity index (χ1n) is 9.22. The number of halogens is 2. The molecule has 3 rings (SSSR count). The Bertz CT molecular complexity index is 712. The van der Waals surface area contributed by atoms with E-state index in [1.807, 2.05) is 24.3 Å². The standard InChI is InChI=1S/C22H27Cl2NO/c1-25(2)15-18-13-21(26)11-12-22(18,17-5-9-20(24)10-6-17)14-16-3-7-19(23)8-4-16/h3-10,18,21,26H,11-15H2,1-2H3. The second-order valence-corrected chi connectivity index (χ2v) is 8.73. The van der Waals surface area contributed by atoms with E-state index in [0.717, 1.165) is 42.3 Å². The van der Waals surface area contributed by atoms with Crippen molar-refractivity contribution in [1.82, 2.24) is 4.90 Å². The van der Waals surface area contributed by atoms with Crippen LogP contribution in [-0.4, -0.2) is 36.8 Å². The van der Waals surface area contributed by atoms with Crippen molar-refractivity contribution in [3.05, 3.63) is 69.7 Å². The molecule has 0 aromatic heterocycles. The van der Waals surface area contributed by atoms with E-state index in [9.17, 15) is 5.11 Å². The summed E-state index contributed by atoms with van der Waals surface area (Å²) in [5, 5.41) is 11.9. The topological polar surface area (TPSA) is 23.5 Å². The molecule has 0 amide bonds. The average molecular weight is 392 g/mol. The Kier molecular flexibility index (Phi) is 6.29. The SMILES string of the molecule is CN(C)CC1CC(O)CCC1(Cc1ccc(Cl)cc1)c1ccc(Cl)cc1. The molecule has 0 saturated heterocycles. The van der Waals surface area contributed by atoms with E-state index in [2.05, 4.69) is 43.3 Å². The lowest BCUT2D eigenvalue weighted by Gasteiger charge is -2.47. The lowest BCUT2D eigenvalue weighted by atomic mass is 9.59. The number of rotatable bonds is 5. The van der Waals surface area contributed by atoms with Crippen LogP contribution in [0.3, 0.4) is 0 Å². The van der Waals surface area contributed by atoms with E-state index in [0.29, 0.717) is 5.92 Å². The summed E-state index contributed by atoms with van der Waals surface area (Å²) in [4.78, 5) is 2.23. The maximum Gasteiger partial charge on any atom is 0.0544 e. The number of nitrogens with zero attached hydrogens (tertiary/aromatic N) is 1. The Labute approximate surface area is 166 Å². The molecule has 0 heterocycles. The van der Waals surface area contributed by atoms with Gasteiger partial charge >= 0.3 is 0 Å². The minimum Gasteiger partial charge on any atom is -0.393 e. The highest BCUT2D eigenvalue weighted by molar-refractivity contribution is 6.30. The molecule has 0 aliphatic heterocycles. The molecule has 1 fully saturated rings. The fourth-order valence-electron chi connectivity index (χ4n) is 4.45. The van der Waals surface area contributed by atoms with Gasteiger partial charge in [-0.15, -0.1) is 0 Å². The minimum absolute atomic E-state index is 0.0120. The van der Waals surface area contributed by atoms with Gasteiger partial charge in [-0.1, -0.05) is 47.5 Å². The van der Waals surface area contributed by atoms with Crippen molar-refractivity contribution >= 4 is 23.2 Å². The van der Waals surface area contributed by atoms with E-state index in [-0.39, 0.29) is 11.5 Å². The largest absolute Gasteiger partial charge is 0.393 e. The molecule has 1 aliphatic carbocycles. The summed E-state index contributed by atoms with van der Waals surface area (Å²) >= 11 is 12.2. The maximum absolute atomic E-state index is 10.4. The van der Waals surface area contributed by atoms with Crippen LogP contribution in [0.1, 0.15) is 30.4 Å². The van der Waals surface area contributed by atoms with Crippen LogP contribution in [0.5, 0.6) is 0 Å². The van der Waals surface area contributed by atoms with Crippen LogP contribution in [0, 0.1) is 5.92 Å². The van der Waals surface area contributed by atoms with Gasteiger partial charge < -0.3 is 10.0 Å². The van der Waals surface area contributed by atoms with Crippen molar-refractivity contribution in [3.63, 3.8) is 0 Å². The zero-order valence-electron chi connectivity index (χ0n) is 15.5. The third-order valence-corrected chi connectivity index (χ3v) is 6.20. The molecule has 3 atom stereocenters. The van der Waals surface area contributed by atoms with Crippen LogP contribution in [0.15, 0.2) is 48.5 Å². The van der Waals surface area contributed by atoms with Crippen molar-refractivity contribution in [3.8, 4) is 0 Å². The summed E-state index contributed by atoms with van der Waals surface area (Å²) in [5.74, 6) is 0.373. The number of benzene rings is 2. The van der Waals surface area contributed by atoms with E-state index >= 15 is 0 Å². The van der Waals surface area contributed by atoms with Crippen molar-refractivity contribution < 1.29 is 5.11 Å². The van der Waals surface area contributed by atoms with Crippen LogP contribution >= 0.6 is 23.2 Å². The van der Waals surface area contributed by atoms with Crippen molar-refractivity contribution in [1.29, 1.82) is 0 Å². The van der Waals surface area contributed by atoms with Gasteiger partial charge in [0.05, 0.1) is 6.10 Å². The predicted octanol–water partition coefficient (Wildman–Crippen LogP) is 5.20. The Balaban J connectivity index is 2.04. The Morgan fingerprint density at radius 2 is 1.58 bits per heavy atom. The number of hydrogen-bond donors (Lipinski definition) is 1. The zero-order valence-corrected chi connectivity index (χ0v) is 17.0. The first-order chi connectivity index (χ1) is 12.4. The molecular formula is C22H27Cl2NO. The lowest BCUT2D eigenvalue weighted by Crippen LogP contribution is -2.47. The molecule has 0 spiro atoms. The Morgan fingerprint density at radius 1 is 1.00 bits per heavy atom. The van der Waals surface area contributed by atoms with E-state index in [1.54, 1.807) is 0 Å². The average Bonchev–Trinajstić information content (AvgIpc) is 2.60. The molecule has 2 aromatic rings. The van der Waals surface area contributed by atoms with Crippen LogP contribution in [0.4, 0.5) is 0 Å². The molecule has 140 valence electrons. The van der Waals surface area contributed by atoms with Gasteiger partial charge in [-0.2, -0.15) is 0 Å². The van der Waals surface area contributed by atoms with Gasteiger partial charge in [0.1, 0.15) is 0 Å². The fraction of sp³-hybridized carbons (Fsp3) is 0.455. The van der Waals surface area contributed by atoms with Crippen LogP contribution in [0.2, 0.25) is 10.0 Å². The maximum atomic E-state index is 10.4. The quantitative estimate of drug-likeness (QED) is 0.756. The van der Waals surface area contributed by atoms with E-state index in [4.69, 9.17) is 23.2 Å². The third-order valence-electron chi connectivity index (χ3n) is 5.70. The first-order valence-corrected chi connectivity index (χ1v) is 9.98. The summed E-state index contributed by atoms with van der Waals surface area (Å²) in [5.41, 5.74) is 2.59. The molecule has 26 heavy (non-hydrogen) atoms. The van der Waals surface area contributed by atoms with Gasteiger partial charge in [-0.25, -0.2) is 0 Å². The molecular weight excluding hydrogens is 365 g/mol. The number of aliphatic hydroxyl groups is 1. The third kappa shape index (κ3) is 4.43. The summed E-state index contributed by atoms with van der Waals surface area (Å²) in [6.07, 6.45) is 3.35. The zero-order chi connectivity index (χ0) is 18.7. The molecule has 1 saturated carbocycles. The molecule has 4 heteroatoms. The van der Waals surface area contributed by atoms with Crippen LogP contribution < -0.4 is 0 Å². The summed E-state index contributed by atoms with van der Waals surface area (Å²) in [7, 11) is 4.21. The predicted molar refractivity (Wildman–Crippen MR) is 110 cm³/mol. The monoisotopic (exact) mass is 391 g/mol. The molecule has 3 unspecified atom stereocenters. The molecule has 0 bridgehead atoms. The van der Waals surface area contributed by atoms with Crippen LogP contribution in [-0.2, 0) is 11.8 Å². The van der Waals surface area contributed by atoms with Gasteiger partial charge in [0.15, 0.2) is 0 Å². The smallest absolute Gasteiger partial charge is 0.0544 e. The Hall–Kier alpha value is -1.06. The summed E-state index contributed by atoms with van der Waals surface area (Å²) < 4.78 is 0. The molecule has 1 N–H and O–H groups in total. The first kappa shape index (κ1) is 19.7. The second kappa shape index (κ2) is 8.31. The van der Waals surface area contributed by atoms with E-state index < -0.39 is 0 Å². The highest BCUT2D eigenvalue weighted by atomic mass is 35.5. The minimum atomic E-state index is -0.217. The number of hydrogen-bond acceptors (Lipinski definition) is 2. The second-order valence-electron chi connectivity index (χ2n) is 7.85. The highest BCUT2D eigenvalue weighted by Gasteiger charge is 2.44. The fourth-order valence-corrected chi connectivity index (χ4v) is 4.71. The summed E-state index contributed by atoms with van der Waals surface area (Å²) in [6.45, 7) is 0.952. The van der Waals surface area contributed by atoms with Gasteiger partial charge in [-0.3, -0.25) is 0 Å². The van der Waals surface area contributed by atoms with Crippen molar-refractivity contribution in [2.45, 2.75) is 37.2 Å². The van der Waals surface area contributed by atoms with Gasteiger partial charge in [-0.05, 0) is 81.1 Å². The van der Waals surface area contributed by atoms with Gasteiger partial charge in [0.25, 0.3) is 0 Å². The van der Waals surface area contributed by atoms with Crippen LogP contribution in [0.25, 0.3) is 0 Å². The lowest BCUT2D eigenvalue weighted by molar-refractivity contribution is 0.0381. The molecule has 2 aromatic carbocycles.